The molecule has 2 amide bonds. The van der Waals surface area contributed by atoms with Gasteiger partial charge in [0.05, 0.1) is 11.0 Å². The molecule has 1 aromatic carbocycles. The molecule has 6 heteroatoms. The number of benzene rings is 1. The molecule has 0 saturated carbocycles. The molecule has 1 fully saturated rings. The van der Waals surface area contributed by atoms with Crippen molar-refractivity contribution in [2.24, 2.45) is 0 Å². The molecule has 1 aromatic heterocycles. The van der Waals surface area contributed by atoms with Crippen LogP contribution in [-0.4, -0.2) is 35.1 Å². The number of pyridine rings is 1. The van der Waals surface area contributed by atoms with E-state index in [-0.39, 0.29) is 12.1 Å². The highest BCUT2D eigenvalue weighted by Crippen LogP contribution is 2.24. The van der Waals surface area contributed by atoms with Crippen LogP contribution >= 0.6 is 15.9 Å². The predicted molar refractivity (Wildman–Crippen MR) is 88.0 cm³/mol. The van der Waals surface area contributed by atoms with E-state index in [4.69, 9.17) is 4.74 Å². The molecule has 5 nitrogen and oxygen atoms in total. The van der Waals surface area contributed by atoms with E-state index in [0.717, 1.165) is 16.6 Å². The molecular formula is C16H16BrN3O2. The van der Waals surface area contributed by atoms with Gasteiger partial charge in [0.1, 0.15) is 6.10 Å². The van der Waals surface area contributed by atoms with E-state index in [1.807, 2.05) is 42.5 Å². The second-order valence-electron chi connectivity index (χ2n) is 5.06. The Kier molecular flexibility index (Phi) is 4.58. The molecule has 114 valence electrons. The lowest BCUT2D eigenvalue weighted by Crippen LogP contribution is -2.34. The minimum absolute atomic E-state index is 0.0345. The van der Waals surface area contributed by atoms with Crippen LogP contribution in [0.15, 0.2) is 53.1 Å². The molecule has 1 aliphatic heterocycles. The van der Waals surface area contributed by atoms with Crippen LogP contribution in [-0.2, 0) is 0 Å². The van der Waals surface area contributed by atoms with Gasteiger partial charge >= 0.3 is 6.03 Å². The maximum atomic E-state index is 12.2. The Morgan fingerprint density at radius 1 is 1.27 bits per heavy atom. The van der Waals surface area contributed by atoms with Gasteiger partial charge in [-0.05, 0) is 40.2 Å². The van der Waals surface area contributed by atoms with Crippen LogP contribution in [0.1, 0.15) is 6.42 Å². The maximum absolute atomic E-state index is 12.2. The number of hydrogen-bond acceptors (Lipinski definition) is 3. The molecule has 0 bridgehead atoms. The molecule has 1 saturated heterocycles. The van der Waals surface area contributed by atoms with Crippen LogP contribution < -0.4 is 10.1 Å². The molecule has 0 aliphatic carbocycles. The third-order valence-corrected chi connectivity index (χ3v) is 4.06. The Bertz CT molecular complexity index is 651. The van der Waals surface area contributed by atoms with E-state index in [0.29, 0.717) is 19.0 Å². The molecule has 2 aromatic rings. The number of nitrogens with zero attached hydrogens (tertiary/aromatic N) is 2. The van der Waals surface area contributed by atoms with Crippen LogP contribution in [0.25, 0.3) is 0 Å². The third kappa shape index (κ3) is 3.57. The molecule has 3 rings (SSSR count). The van der Waals surface area contributed by atoms with Gasteiger partial charge in [0.25, 0.3) is 0 Å². The summed E-state index contributed by atoms with van der Waals surface area (Å²) in [5, 5.41) is 2.89. The summed E-state index contributed by atoms with van der Waals surface area (Å²) in [6.07, 6.45) is 2.45. The zero-order valence-electron chi connectivity index (χ0n) is 11.9. The van der Waals surface area contributed by atoms with Crippen molar-refractivity contribution < 1.29 is 9.53 Å². The lowest BCUT2D eigenvalue weighted by atomic mass is 10.3. The van der Waals surface area contributed by atoms with Crippen molar-refractivity contribution >= 4 is 27.6 Å². The second kappa shape index (κ2) is 6.79. The summed E-state index contributed by atoms with van der Waals surface area (Å²) in [5.41, 5.74) is 0.796. The summed E-state index contributed by atoms with van der Waals surface area (Å²) in [6.45, 7) is 1.23. The molecule has 1 N–H and O–H groups in total. The van der Waals surface area contributed by atoms with E-state index < -0.39 is 0 Å². The Balaban J connectivity index is 1.56. The number of carbonyl (C=O) groups is 1. The van der Waals surface area contributed by atoms with Gasteiger partial charge in [-0.1, -0.05) is 18.2 Å². The standard InChI is InChI=1S/C16H16BrN3O2/c17-14-7-4-9-18-15(14)22-13-8-10-20(11-13)16(21)19-12-5-2-1-3-6-12/h1-7,9,13H,8,10-11H2,(H,19,21)/t13-/m0/s1. The summed E-state index contributed by atoms with van der Waals surface area (Å²) < 4.78 is 6.68. The van der Waals surface area contributed by atoms with Crippen LogP contribution in [0.2, 0.25) is 0 Å². The van der Waals surface area contributed by atoms with Crippen LogP contribution in [0.3, 0.4) is 0 Å². The Labute approximate surface area is 137 Å². The van der Waals surface area contributed by atoms with Gasteiger partial charge < -0.3 is 15.0 Å². The smallest absolute Gasteiger partial charge is 0.321 e. The number of carbonyl (C=O) groups excluding carboxylic acids is 1. The fourth-order valence-corrected chi connectivity index (χ4v) is 2.70. The van der Waals surface area contributed by atoms with Crippen molar-refractivity contribution in [3.8, 4) is 5.88 Å². The topological polar surface area (TPSA) is 54.5 Å². The van der Waals surface area contributed by atoms with E-state index >= 15 is 0 Å². The summed E-state index contributed by atoms with van der Waals surface area (Å²) in [7, 11) is 0. The number of ether oxygens (including phenoxy) is 1. The summed E-state index contributed by atoms with van der Waals surface area (Å²) >= 11 is 3.41. The number of likely N-dealkylation sites (tertiary alicyclic amines) is 1. The van der Waals surface area contributed by atoms with Gasteiger partial charge in [0.15, 0.2) is 0 Å². The second-order valence-corrected chi connectivity index (χ2v) is 5.92. The van der Waals surface area contributed by atoms with Crippen molar-refractivity contribution in [1.29, 1.82) is 0 Å². The highest BCUT2D eigenvalue weighted by atomic mass is 79.9. The molecule has 1 aliphatic rings. The number of nitrogens with one attached hydrogen (secondary N) is 1. The van der Waals surface area contributed by atoms with Crippen molar-refractivity contribution in [1.82, 2.24) is 9.88 Å². The van der Waals surface area contributed by atoms with E-state index in [9.17, 15) is 4.79 Å². The van der Waals surface area contributed by atoms with Gasteiger partial charge in [-0.3, -0.25) is 0 Å². The first-order valence-electron chi connectivity index (χ1n) is 7.10. The summed E-state index contributed by atoms with van der Waals surface area (Å²) in [5.74, 6) is 0.567. The number of para-hydroxylation sites is 1. The van der Waals surface area contributed by atoms with Gasteiger partial charge in [-0.15, -0.1) is 0 Å². The normalized spacial score (nSPS) is 17.3. The zero-order chi connectivity index (χ0) is 15.4. The van der Waals surface area contributed by atoms with Crippen LogP contribution in [0.5, 0.6) is 5.88 Å². The number of urea groups is 1. The lowest BCUT2D eigenvalue weighted by molar-refractivity contribution is 0.189. The van der Waals surface area contributed by atoms with Crippen molar-refractivity contribution in [2.75, 3.05) is 18.4 Å². The molecular weight excluding hydrogens is 346 g/mol. The van der Waals surface area contributed by atoms with Crippen LogP contribution in [0, 0.1) is 0 Å². The van der Waals surface area contributed by atoms with E-state index in [1.54, 1.807) is 11.1 Å². The number of halogens is 1. The largest absolute Gasteiger partial charge is 0.472 e. The molecule has 1 atom stereocenters. The first-order valence-corrected chi connectivity index (χ1v) is 7.90. The number of rotatable bonds is 3. The lowest BCUT2D eigenvalue weighted by Gasteiger charge is -2.18. The third-order valence-electron chi connectivity index (χ3n) is 3.46. The fourth-order valence-electron chi connectivity index (χ4n) is 2.35. The molecule has 0 unspecified atom stereocenters. The summed E-state index contributed by atoms with van der Waals surface area (Å²) in [6, 6.07) is 13.1. The molecule has 0 radical (unpaired) electrons. The molecule has 22 heavy (non-hydrogen) atoms. The molecule has 2 heterocycles. The first-order chi connectivity index (χ1) is 10.7. The highest BCUT2D eigenvalue weighted by molar-refractivity contribution is 9.10. The Morgan fingerprint density at radius 2 is 2.09 bits per heavy atom. The highest BCUT2D eigenvalue weighted by Gasteiger charge is 2.28. The quantitative estimate of drug-likeness (QED) is 0.909. The predicted octanol–water partition coefficient (Wildman–Crippen LogP) is 3.53. The van der Waals surface area contributed by atoms with Crippen LogP contribution in [0.4, 0.5) is 10.5 Å². The molecule has 0 spiro atoms. The van der Waals surface area contributed by atoms with Crippen molar-refractivity contribution in [3.05, 3.63) is 53.1 Å². The Morgan fingerprint density at radius 3 is 2.86 bits per heavy atom. The van der Waals surface area contributed by atoms with Crippen molar-refractivity contribution in [2.45, 2.75) is 12.5 Å². The van der Waals surface area contributed by atoms with Gasteiger partial charge in [0, 0.05) is 24.8 Å². The maximum Gasteiger partial charge on any atom is 0.321 e. The number of amides is 2. The number of aromatic nitrogens is 1. The van der Waals surface area contributed by atoms with E-state index in [2.05, 4.69) is 26.2 Å². The SMILES string of the molecule is O=C(Nc1ccccc1)N1CC[C@H](Oc2ncccc2Br)C1. The zero-order valence-corrected chi connectivity index (χ0v) is 13.5. The monoisotopic (exact) mass is 361 g/mol. The number of hydrogen-bond donors (Lipinski definition) is 1. The number of anilines is 1. The van der Waals surface area contributed by atoms with Gasteiger partial charge in [-0.25, -0.2) is 9.78 Å². The van der Waals surface area contributed by atoms with Crippen molar-refractivity contribution in [3.63, 3.8) is 0 Å². The van der Waals surface area contributed by atoms with Gasteiger partial charge in [0.2, 0.25) is 5.88 Å². The minimum atomic E-state index is -0.0996. The Hall–Kier alpha value is -2.08. The first kappa shape index (κ1) is 14.8. The minimum Gasteiger partial charge on any atom is -0.472 e. The average Bonchev–Trinajstić information content (AvgIpc) is 2.99. The average molecular weight is 362 g/mol. The van der Waals surface area contributed by atoms with E-state index in [1.165, 1.54) is 0 Å². The van der Waals surface area contributed by atoms with Gasteiger partial charge in [-0.2, -0.15) is 0 Å². The fraction of sp³-hybridized carbons (Fsp3) is 0.250. The summed E-state index contributed by atoms with van der Waals surface area (Å²) in [4.78, 5) is 18.2.